The predicted molar refractivity (Wildman–Crippen MR) is 72.0 cm³/mol. The first-order chi connectivity index (χ1) is 7.78. The molecule has 1 aromatic rings. The summed E-state index contributed by atoms with van der Waals surface area (Å²) in [6.07, 6.45) is 2.01. The standard InChI is InChI=1S/C13H23N3O/c1-9-5-10(14)7-15-12(9)16-8-11(17)6-13(2,3)4/h5,7,11,17H,6,8,14H2,1-4H3,(H,15,16). The molecule has 1 unspecified atom stereocenters. The van der Waals surface area contributed by atoms with E-state index in [1.165, 1.54) is 0 Å². The van der Waals surface area contributed by atoms with Crippen molar-refractivity contribution in [2.45, 2.75) is 40.2 Å². The maximum atomic E-state index is 9.88. The van der Waals surface area contributed by atoms with Gasteiger partial charge in [0.05, 0.1) is 18.0 Å². The van der Waals surface area contributed by atoms with Crippen LogP contribution in [0, 0.1) is 12.3 Å². The van der Waals surface area contributed by atoms with Gasteiger partial charge in [-0.1, -0.05) is 20.8 Å². The van der Waals surface area contributed by atoms with E-state index in [4.69, 9.17) is 5.73 Å². The first kappa shape index (κ1) is 13.8. The van der Waals surface area contributed by atoms with Crippen LogP contribution in [0.25, 0.3) is 0 Å². The third-order valence-corrected chi connectivity index (χ3v) is 2.45. The van der Waals surface area contributed by atoms with E-state index in [2.05, 4.69) is 31.1 Å². The number of aromatic nitrogens is 1. The van der Waals surface area contributed by atoms with E-state index in [0.29, 0.717) is 12.2 Å². The van der Waals surface area contributed by atoms with Gasteiger partial charge in [-0.2, -0.15) is 0 Å². The summed E-state index contributed by atoms with van der Waals surface area (Å²) in [5, 5.41) is 13.0. The number of hydrogen-bond donors (Lipinski definition) is 3. The van der Waals surface area contributed by atoms with Crippen LogP contribution in [0.2, 0.25) is 0 Å². The molecule has 0 bridgehead atoms. The zero-order valence-electron chi connectivity index (χ0n) is 11.1. The summed E-state index contributed by atoms with van der Waals surface area (Å²) >= 11 is 0. The number of hydrogen-bond acceptors (Lipinski definition) is 4. The maximum Gasteiger partial charge on any atom is 0.129 e. The summed E-state index contributed by atoms with van der Waals surface area (Å²) < 4.78 is 0. The summed E-state index contributed by atoms with van der Waals surface area (Å²) in [7, 11) is 0. The molecule has 0 fully saturated rings. The Morgan fingerprint density at radius 2 is 2.12 bits per heavy atom. The van der Waals surface area contributed by atoms with Crippen molar-refractivity contribution in [3.63, 3.8) is 0 Å². The molecular weight excluding hydrogens is 214 g/mol. The topological polar surface area (TPSA) is 71.2 Å². The minimum Gasteiger partial charge on any atom is -0.397 e. The first-order valence-corrected chi connectivity index (χ1v) is 5.92. The molecule has 0 saturated carbocycles. The Morgan fingerprint density at radius 3 is 2.65 bits per heavy atom. The van der Waals surface area contributed by atoms with E-state index in [-0.39, 0.29) is 11.5 Å². The fourth-order valence-electron chi connectivity index (χ4n) is 1.78. The molecule has 0 spiro atoms. The van der Waals surface area contributed by atoms with Crippen LogP contribution in [0.15, 0.2) is 12.3 Å². The Morgan fingerprint density at radius 1 is 1.47 bits per heavy atom. The molecule has 4 heteroatoms. The molecule has 0 radical (unpaired) electrons. The molecule has 0 aromatic carbocycles. The van der Waals surface area contributed by atoms with Gasteiger partial charge in [0.1, 0.15) is 5.82 Å². The van der Waals surface area contributed by atoms with E-state index < -0.39 is 0 Å². The van der Waals surface area contributed by atoms with Crippen LogP contribution in [-0.4, -0.2) is 22.7 Å². The van der Waals surface area contributed by atoms with Crippen LogP contribution in [0.4, 0.5) is 11.5 Å². The summed E-state index contributed by atoms with van der Waals surface area (Å²) in [6.45, 7) is 8.80. The van der Waals surface area contributed by atoms with Gasteiger partial charge in [0.15, 0.2) is 0 Å². The van der Waals surface area contributed by atoms with Crippen molar-refractivity contribution in [3.05, 3.63) is 17.8 Å². The number of nitrogens with two attached hydrogens (primary N) is 1. The molecule has 0 aliphatic carbocycles. The summed E-state index contributed by atoms with van der Waals surface area (Å²) in [4.78, 5) is 4.20. The molecular formula is C13H23N3O. The number of pyridine rings is 1. The Hall–Kier alpha value is -1.29. The van der Waals surface area contributed by atoms with Gasteiger partial charge in [0.25, 0.3) is 0 Å². The number of rotatable bonds is 4. The van der Waals surface area contributed by atoms with E-state index in [0.717, 1.165) is 17.8 Å². The molecule has 1 aromatic heterocycles. The molecule has 0 aliphatic heterocycles. The molecule has 96 valence electrons. The molecule has 1 heterocycles. The summed E-state index contributed by atoms with van der Waals surface area (Å²) in [6, 6.07) is 1.87. The monoisotopic (exact) mass is 237 g/mol. The minimum absolute atomic E-state index is 0.130. The van der Waals surface area contributed by atoms with Gasteiger partial charge in [-0.05, 0) is 30.4 Å². The highest BCUT2D eigenvalue weighted by atomic mass is 16.3. The van der Waals surface area contributed by atoms with Crippen molar-refractivity contribution >= 4 is 11.5 Å². The van der Waals surface area contributed by atoms with Crippen molar-refractivity contribution in [2.24, 2.45) is 5.41 Å². The Labute approximate surface area is 103 Å². The number of nitrogens with one attached hydrogen (secondary N) is 1. The van der Waals surface area contributed by atoms with E-state index in [1.807, 2.05) is 13.0 Å². The van der Waals surface area contributed by atoms with Crippen molar-refractivity contribution < 1.29 is 5.11 Å². The molecule has 0 saturated heterocycles. The van der Waals surface area contributed by atoms with E-state index in [1.54, 1.807) is 6.20 Å². The normalized spacial score (nSPS) is 13.5. The lowest BCUT2D eigenvalue weighted by Gasteiger charge is -2.22. The molecule has 4 nitrogen and oxygen atoms in total. The van der Waals surface area contributed by atoms with Gasteiger partial charge in [-0.25, -0.2) is 4.98 Å². The third-order valence-electron chi connectivity index (χ3n) is 2.45. The van der Waals surface area contributed by atoms with Gasteiger partial charge in [0.2, 0.25) is 0 Å². The SMILES string of the molecule is Cc1cc(N)cnc1NCC(O)CC(C)(C)C. The molecule has 1 rings (SSSR count). The second-order valence-electron chi connectivity index (χ2n) is 5.73. The Balaban J connectivity index is 2.50. The van der Waals surface area contributed by atoms with Crippen molar-refractivity contribution in [1.29, 1.82) is 0 Å². The molecule has 0 aliphatic rings. The molecule has 17 heavy (non-hydrogen) atoms. The molecule has 1 atom stereocenters. The lowest BCUT2D eigenvalue weighted by molar-refractivity contribution is 0.132. The minimum atomic E-state index is -0.367. The first-order valence-electron chi connectivity index (χ1n) is 5.92. The van der Waals surface area contributed by atoms with Gasteiger partial charge in [-0.3, -0.25) is 0 Å². The zero-order valence-corrected chi connectivity index (χ0v) is 11.1. The fourth-order valence-corrected chi connectivity index (χ4v) is 1.78. The Kier molecular flexibility index (Phi) is 4.34. The van der Waals surface area contributed by atoms with Gasteiger partial charge in [-0.15, -0.1) is 0 Å². The molecule has 4 N–H and O–H groups in total. The van der Waals surface area contributed by atoms with Crippen LogP contribution >= 0.6 is 0 Å². The van der Waals surface area contributed by atoms with Crippen LogP contribution in [0.5, 0.6) is 0 Å². The van der Waals surface area contributed by atoms with Crippen LogP contribution in [-0.2, 0) is 0 Å². The van der Waals surface area contributed by atoms with Crippen LogP contribution in [0.3, 0.4) is 0 Å². The van der Waals surface area contributed by atoms with Crippen LogP contribution in [0.1, 0.15) is 32.8 Å². The number of aliphatic hydroxyl groups is 1. The van der Waals surface area contributed by atoms with Crippen molar-refractivity contribution in [1.82, 2.24) is 4.98 Å². The smallest absolute Gasteiger partial charge is 0.129 e. The van der Waals surface area contributed by atoms with Gasteiger partial charge < -0.3 is 16.2 Å². The second kappa shape index (κ2) is 5.36. The average molecular weight is 237 g/mol. The average Bonchev–Trinajstić information content (AvgIpc) is 2.13. The highest BCUT2D eigenvalue weighted by molar-refractivity contribution is 5.50. The number of aliphatic hydroxyl groups excluding tert-OH is 1. The molecule has 0 amide bonds. The zero-order chi connectivity index (χ0) is 13.1. The lowest BCUT2D eigenvalue weighted by atomic mass is 9.89. The summed E-state index contributed by atoms with van der Waals surface area (Å²) in [5.74, 6) is 0.784. The Bertz CT molecular complexity index is 371. The predicted octanol–water partition coefficient (Wildman–Crippen LogP) is 2.18. The second-order valence-corrected chi connectivity index (χ2v) is 5.73. The highest BCUT2D eigenvalue weighted by Crippen LogP contribution is 2.21. The number of anilines is 2. The highest BCUT2D eigenvalue weighted by Gasteiger charge is 2.16. The third kappa shape index (κ3) is 5.04. The number of nitrogens with zero attached hydrogens (tertiary/aromatic N) is 1. The fraction of sp³-hybridized carbons (Fsp3) is 0.615. The maximum absolute atomic E-state index is 9.88. The number of aryl methyl sites for hydroxylation is 1. The van der Waals surface area contributed by atoms with Crippen molar-refractivity contribution in [3.8, 4) is 0 Å². The summed E-state index contributed by atoms with van der Waals surface area (Å²) in [5.41, 5.74) is 7.41. The van der Waals surface area contributed by atoms with E-state index in [9.17, 15) is 5.11 Å². The lowest BCUT2D eigenvalue weighted by Crippen LogP contribution is -2.25. The number of nitrogen functional groups attached to an aromatic ring is 1. The largest absolute Gasteiger partial charge is 0.397 e. The van der Waals surface area contributed by atoms with E-state index >= 15 is 0 Å². The van der Waals surface area contributed by atoms with Crippen molar-refractivity contribution in [2.75, 3.05) is 17.6 Å². The quantitative estimate of drug-likeness (QED) is 0.750. The van der Waals surface area contributed by atoms with Gasteiger partial charge in [0, 0.05) is 6.54 Å². The van der Waals surface area contributed by atoms with Gasteiger partial charge >= 0.3 is 0 Å². The van der Waals surface area contributed by atoms with Crippen LogP contribution < -0.4 is 11.1 Å².